The highest BCUT2D eigenvalue weighted by Gasteiger charge is 2.18. The predicted octanol–water partition coefficient (Wildman–Crippen LogP) is 10.9. The molecular weight excluding hydrogens is 610 g/mol. The third-order valence-electron chi connectivity index (χ3n) is 8.60. The number of rotatable bonds is 19. The number of nitrogens with zero attached hydrogens (tertiary/aromatic N) is 3. The molecule has 0 amide bonds. The Bertz CT molecular complexity index is 1540. The van der Waals surface area contributed by atoms with Crippen molar-refractivity contribution in [1.29, 1.82) is 0 Å². The smallest absolute Gasteiger partial charge is 0.167 e. The zero-order chi connectivity index (χ0) is 33.6. The van der Waals surface area contributed by atoms with Crippen LogP contribution in [-0.2, 0) is 0 Å². The van der Waals surface area contributed by atoms with Gasteiger partial charge in [-0.25, -0.2) is 15.0 Å². The first kappa shape index (κ1) is 36.0. The van der Waals surface area contributed by atoms with Gasteiger partial charge in [0.25, 0.3) is 0 Å². The van der Waals surface area contributed by atoms with Gasteiger partial charge in [0.1, 0.15) is 23.0 Å². The second-order valence-corrected chi connectivity index (χ2v) is 12.8. The Labute approximate surface area is 285 Å². The van der Waals surface area contributed by atoms with Gasteiger partial charge in [0, 0.05) is 22.7 Å². The SMILES string of the molecule is CCCCC(CC)COc1ccc(-c2nc(-c3ccc(Cl)cc3)nc(-c3ccc(OCC(CCCC)CCCC)cc3O)n2)c(O)c1. The molecule has 8 heteroatoms. The summed E-state index contributed by atoms with van der Waals surface area (Å²) < 4.78 is 12.2. The van der Waals surface area contributed by atoms with Crippen molar-refractivity contribution in [2.75, 3.05) is 13.2 Å². The van der Waals surface area contributed by atoms with Crippen LogP contribution in [0.15, 0.2) is 60.7 Å². The number of aromatic hydroxyl groups is 2. The average molecular weight is 660 g/mol. The zero-order valence-corrected chi connectivity index (χ0v) is 29.1. The van der Waals surface area contributed by atoms with Crippen LogP contribution in [0.5, 0.6) is 23.0 Å². The van der Waals surface area contributed by atoms with Crippen molar-refractivity contribution < 1.29 is 19.7 Å². The molecule has 1 aromatic heterocycles. The van der Waals surface area contributed by atoms with Crippen molar-refractivity contribution in [2.45, 2.75) is 91.9 Å². The van der Waals surface area contributed by atoms with E-state index in [1.165, 1.54) is 19.3 Å². The molecule has 3 aromatic carbocycles. The van der Waals surface area contributed by atoms with Crippen molar-refractivity contribution in [3.8, 4) is 57.2 Å². The second kappa shape index (κ2) is 18.5. The molecule has 0 fully saturated rings. The van der Waals surface area contributed by atoms with Gasteiger partial charge in [0.15, 0.2) is 17.5 Å². The maximum Gasteiger partial charge on any atom is 0.167 e. The van der Waals surface area contributed by atoms with E-state index < -0.39 is 0 Å². The van der Waals surface area contributed by atoms with Gasteiger partial charge in [0.2, 0.25) is 0 Å². The number of halogens is 1. The quantitative estimate of drug-likeness (QED) is 0.103. The van der Waals surface area contributed by atoms with Crippen molar-refractivity contribution in [3.05, 3.63) is 65.7 Å². The topological polar surface area (TPSA) is 97.6 Å². The number of aromatic nitrogens is 3. The van der Waals surface area contributed by atoms with Gasteiger partial charge in [0.05, 0.1) is 24.3 Å². The molecule has 0 aliphatic rings. The van der Waals surface area contributed by atoms with Crippen LogP contribution in [0, 0.1) is 11.8 Å². The van der Waals surface area contributed by atoms with Gasteiger partial charge in [-0.05, 0) is 79.6 Å². The van der Waals surface area contributed by atoms with Crippen LogP contribution in [0.4, 0.5) is 0 Å². The van der Waals surface area contributed by atoms with Gasteiger partial charge in [-0.1, -0.05) is 84.2 Å². The molecule has 0 spiro atoms. The molecule has 1 atom stereocenters. The molecule has 2 N–H and O–H groups in total. The Kier molecular flexibility index (Phi) is 14.2. The van der Waals surface area contributed by atoms with Crippen LogP contribution in [-0.4, -0.2) is 38.4 Å². The van der Waals surface area contributed by atoms with E-state index in [0.29, 0.717) is 58.5 Å². The zero-order valence-electron chi connectivity index (χ0n) is 28.3. The van der Waals surface area contributed by atoms with Gasteiger partial charge >= 0.3 is 0 Å². The first-order valence-electron chi connectivity index (χ1n) is 17.3. The minimum Gasteiger partial charge on any atom is -0.507 e. The maximum atomic E-state index is 11.2. The lowest BCUT2D eigenvalue weighted by molar-refractivity contribution is 0.225. The van der Waals surface area contributed by atoms with E-state index in [4.69, 9.17) is 36.0 Å². The molecule has 4 aromatic rings. The van der Waals surface area contributed by atoms with Crippen LogP contribution in [0.1, 0.15) is 91.9 Å². The number of hydrogen-bond donors (Lipinski definition) is 2. The lowest BCUT2D eigenvalue weighted by Gasteiger charge is -2.18. The summed E-state index contributed by atoms with van der Waals surface area (Å²) in [4.78, 5) is 14.1. The Morgan fingerprint density at radius 2 is 1.04 bits per heavy atom. The molecule has 1 heterocycles. The number of hydrogen-bond acceptors (Lipinski definition) is 7. The van der Waals surface area contributed by atoms with E-state index in [-0.39, 0.29) is 23.1 Å². The molecule has 0 aliphatic heterocycles. The minimum atomic E-state index is -0.00279. The van der Waals surface area contributed by atoms with Crippen LogP contribution in [0.25, 0.3) is 34.2 Å². The number of ether oxygens (including phenoxy) is 2. The molecule has 0 saturated heterocycles. The Hall–Kier alpha value is -3.84. The van der Waals surface area contributed by atoms with Crippen LogP contribution >= 0.6 is 11.6 Å². The number of unbranched alkanes of at least 4 members (excludes halogenated alkanes) is 3. The first-order chi connectivity index (χ1) is 22.8. The second-order valence-electron chi connectivity index (χ2n) is 12.4. The normalized spacial score (nSPS) is 12.0. The molecule has 4 rings (SSSR count). The monoisotopic (exact) mass is 659 g/mol. The summed E-state index contributed by atoms with van der Waals surface area (Å²) in [7, 11) is 0. The van der Waals surface area contributed by atoms with Crippen LogP contribution in [0.3, 0.4) is 0 Å². The lowest BCUT2D eigenvalue weighted by atomic mass is 9.97. The molecule has 7 nitrogen and oxygen atoms in total. The highest BCUT2D eigenvalue weighted by Crippen LogP contribution is 2.36. The van der Waals surface area contributed by atoms with Gasteiger partial charge in [-0.3, -0.25) is 0 Å². The summed E-state index contributed by atoms with van der Waals surface area (Å²) in [6, 6.07) is 17.6. The minimum absolute atomic E-state index is 0.00175. The van der Waals surface area contributed by atoms with Crippen molar-refractivity contribution in [2.24, 2.45) is 11.8 Å². The van der Waals surface area contributed by atoms with Gasteiger partial charge < -0.3 is 19.7 Å². The molecule has 0 aliphatic carbocycles. The fraction of sp³-hybridized carbons (Fsp3) is 0.462. The number of phenolic OH excluding ortho intramolecular Hbond substituents is 2. The molecule has 0 saturated carbocycles. The predicted molar refractivity (Wildman–Crippen MR) is 191 cm³/mol. The van der Waals surface area contributed by atoms with Crippen LogP contribution in [0.2, 0.25) is 5.02 Å². The summed E-state index contributed by atoms with van der Waals surface area (Å²) in [6.07, 6.45) is 11.5. The average Bonchev–Trinajstić information content (AvgIpc) is 3.08. The summed E-state index contributed by atoms with van der Waals surface area (Å²) in [5.74, 6) is 3.08. The van der Waals surface area contributed by atoms with E-state index in [0.717, 1.165) is 50.5 Å². The Balaban J connectivity index is 1.62. The third kappa shape index (κ3) is 10.6. The fourth-order valence-electron chi connectivity index (χ4n) is 5.55. The van der Waals surface area contributed by atoms with Crippen molar-refractivity contribution in [1.82, 2.24) is 15.0 Å². The van der Waals surface area contributed by atoms with E-state index in [1.54, 1.807) is 36.4 Å². The highest BCUT2D eigenvalue weighted by molar-refractivity contribution is 6.30. The molecule has 0 radical (unpaired) electrons. The fourth-order valence-corrected chi connectivity index (χ4v) is 5.67. The third-order valence-corrected chi connectivity index (χ3v) is 8.86. The molecule has 1 unspecified atom stereocenters. The summed E-state index contributed by atoms with van der Waals surface area (Å²) in [5, 5.41) is 22.9. The Morgan fingerprint density at radius 3 is 1.49 bits per heavy atom. The van der Waals surface area contributed by atoms with E-state index in [9.17, 15) is 10.2 Å². The number of benzene rings is 3. The number of phenols is 2. The van der Waals surface area contributed by atoms with E-state index in [1.807, 2.05) is 24.3 Å². The van der Waals surface area contributed by atoms with Gasteiger partial charge in [-0.15, -0.1) is 0 Å². The molecule has 47 heavy (non-hydrogen) atoms. The van der Waals surface area contributed by atoms with Crippen LogP contribution < -0.4 is 9.47 Å². The summed E-state index contributed by atoms with van der Waals surface area (Å²) >= 11 is 6.16. The van der Waals surface area contributed by atoms with Crippen molar-refractivity contribution in [3.63, 3.8) is 0 Å². The summed E-state index contributed by atoms with van der Waals surface area (Å²) in [5.41, 5.74) is 1.59. The van der Waals surface area contributed by atoms with E-state index in [2.05, 4.69) is 27.7 Å². The lowest BCUT2D eigenvalue weighted by Crippen LogP contribution is -2.12. The Morgan fingerprint density at radius 1 is 0.596 bits per heavy atom. The molecule has 0 bridgehead atoms. The van der Waals surface area contributed by atoms with Crippen molar-refractivity contribution >= 4 is 11.6 Å². The first-order valence-corrected chi connectivity index (χ1v) is 17.7. The molecular formula is C39H50ClN3O4. The standard InChI is InChI=1S/C39H50ClN3O4/c1-5-9-12-27(8-4)25-46-31-19-21-33(35(44)23-31)38-41-37(29-15-17-30(40)18-16-29)42-39(43-38)34-22-20-32(24-36(34)45)47-26-28(13-10-6-2)14-11-7-3/h15-24,27-28,44-45H,5-14,25-26H2,1-4H3. The summed E-state index contributed by atoms with van der Waals surface area (Å²) in [6.45, 7) is 10.0. The largest absolute Gasteiger partial charge is 0.507 e. The highest BCUT2D eigenvalue weighted by atomic mass is 35.5. The van der Waals surface area contributed by atoms with E-state index >= 15 is 0 Å². The molecule has 252 valence electrons. The van der Waals surface area contributed by atoms with Gasteiger partial charge in [-0.2, -0.15) is 0 Å². The maximum absolute atomic E-state index is 11.2.